The largest absolute Gasteiger partial charge is 0.508 e. The second-order valence-electron chi connectivity index (χ2n) is 13.2. The van der Waals surface area contributed by atoms with Gasteiger partial charge < -0.3 is 20.2 Å². The lowest BCUT2D eigenvalue weighted by Crippen LogP contribution is -2.50. The molecule has 2 aromatic rings. The molecule has 1 aliphatic heterocycles. The number of Topliss-reactive ketones (excluding diaryl/α,β-unsaturated/α-hetero) is 1. The second-order valence-corrected chi connectivity index (χ2v) is 13.2. The fraction of sp³-hybridized carbons (Fsp3) is 0.400. The fourth-order valence-corrected chi connectivity index (χ4v) is 5.33. The lowest BCUT2D eigenvalue weighted by Gasteiger charge is -2.31. The van der Waals surface area contributed by atoms with Crippen LogP contribution in [0, 0.1) is 12.3 Å². The molecule has 0 aromatic heterocycles. The van der Waals surface area contributed by atoms with Gasteiger partial charge in [-0.05, 0) is 94.5 Å². The highest BCUT2D eigenvalue weighted by Crippen LogP contribution is 2.41. The number of rotatable bonds is 9. The predicted molar refractivity (Wildman–Crippen MR) is 168 cm³/mol. The van der Waals surface area contributed by atoms with Crippen LogP contribution < -0.4 is 16.1 Å². The van der Waals surface area contributed by atoms with E-state index < -0.39 is 5.41 Å². The van der Waals surface area contributed by atoms with Crippen LogP contribution >= 0.6 is 0 Å². The lowest BCUT2D eigenvalue weighted by molar-refractivity contribution is -0.129. The van der Waals surface area contributed by atoms with Gasteiger partial charge in [0.1, 0.15) is 17.1 Å². The van der Waals surface area contributed by atoms with Crippen molar-refractivity contribution >= 4 is 22.7 Å². The molecule has 1 amide bonds. The maximum absolute atomic E-state index is 13.0. The standard InChI is InChI=1S/C35H42N2O5/c1-21-18-22(33(41)36-17-9-8-10-28(37-35(5,6)7)32(40)34(2,3)4)11-14-25(21)31-26-15-12-23(38)19-29(26)42-30-20-24(39)13-16-27(30)31/h11-16,18-20,28,37-38H,8-10,17H2,1-7H3,(H,36,41). The molecule has 0 radical (unpaired) electrons. The Kier molecular flexibility index (Phi) is 8.92. The molecule has 0 saturated carbocycles. The summed E-state index contributed by atoms with van der Waals surface area (Å²) in [7, 11) is 0. The van der Waals surface area contributed by atoms with E-state index in [1.165, 1.54) is 18.2 Å². The van der Waals surface area contributed by atoms with Crippen molar-refractivity contribution in [3.8, 4) is 28.2 Å². The number of amides is 1. The summed E-state index contributed by atoms with van der Waals surface area (Å²) in [6.07, 6.45) is 2.30. The normalized spacial score (nSPS) is 12.9. The Bertz CT molecular complexity index is 1640. The van der Waals surface area contributed by atoms with Crippen molar-refractivity contribution in [3.05, 3.63) is 75.9 Å². The first-order valence-corrected chi connectivity index (χ1v) is 14.5. The van der Waals surface area contributed by atoms with Crippen LogP contribution in [0.5, 0.6) is 5.75 Å². The number of benzene rings is 3. The quantitative estimate of drug-likeness (QED) is 0.150. The van der Waals surface area contributed by atoms with Crippen LogP contribution in [0.2, 0.25) is 0 Å². The van der Waals surface area contributed by atoms with Gasteiger partial charge in [-0.2, -0.15) is 0 Å². The van der Waals surface area contributed by atoms with Crippen molar-refractivity contribution in [2.45, 2.75) is 79.3 Å². The molecule has 3 N–H and O–H groups in total. The van der Waals surface area contributed by atoms with E-state index in [2.05, 4.69) is 31.4 Å². The zero-order valence-electron chi connectivity index (χ0n) is 25.7. The fourth-order valence-electron chi connectivity index (χ4n) is 5.33. The van der Waals surface area contributed by atoms with Gasteiger partial charge in [-0.25, -0.2) is 0 Å². The van der Waals surface area contributed by atoms with Gasteiger partial charge in [-0.1, -0.05) is 26.8 Å². The van der Waals surface area contributed by atoms with Crippen LogP contribution in [0.1, 0.15) is 76.7 Å². The number of phenols is 1. The van der Waals surface area contributed by atoms with Crippen molar-refractivity contribution in [2.24, 2.45) is 5.41 Å². The zero-order chi connectivity index (χ0) is 30.8. The van der Waals surface area contributed by atoms with E-state index in [4.69, 9.17) is 4.42 Å². The molecule has 0 saturated heterocycles. The van der Waals surface area contributed by atoms with E-state index in [0.717, 1.165) is 40.5 Å². The number of hydrogen-bond donors (Lipinski definition) is 3. The number of aromatic hydroxyl groups is 1. The number of carbonyl (C=O) groups is 2. The maximum Gasteiger partial charge on any atom is 0.251 e. The predicted octanol–water partition coefficient (Wildman–Crippen LogP) is 6.85. The Labute approximate surface area is 247 Å². The number of nitrogens with one attached hydrogen (secondary N) is 2. The third-order valence-corrected chi connectivity index (χ3v) is 7.30. The molecular formula is C35H42N2O5. The Morgan fingerprint density at radius 3 is 2.29 bits per heavy atom. The Balaban J connectivity index is 1.47. The van der Waals surface area contributed by atoms with Gasteiger partial charge in [-0.3, -0.25) is 14.4 Å². The number of aryl methyl sites for hydroxylation is 1. The summed E-state index contributed by atoms with van der Waals surface area (Å²) in [6.45, 7) is 14.5. The molecule has 1 heterocycles. The van der Waals surface area contributed by atoms with Gasteiger partial charge in [0.05, 0.1) is 6.04 Å². The monoisotopic (exact) mass is 570 g/mol. The van der Waals surface area contributed by atoms with E-state index in [9.17, 15) is 19.5 Å². The molecule has 7 nitrogen and oxygen atoms in total. The van der Waals surface area contributed by atoms with Crippen LogP contribution in [0.3, 0.4) is 0 Å². The Hall–Kier alpha value is -3.97. The molecular weight excluding hydrogens is 528 g/mol. The lowest BCUT2D eigenvalue weighted by atomic mass is 9.84. The summed E-state index contributed by atoms with van der Waals surface area (Å²) in [5.74, 6) is 0.551. The van der Waals surface area contributed by atoms with Crippen molar-refractivity contribution in [2.75, 3.05) is 6.54 Å². The SMILES string of the molecule is Cc1cc(C(=O)NCCCCC(NC(C)(C)C)C(=O)C(C)(C)C)ccc1-c1c2ccc(=O)cc-2oc2cc(O)ccc12. The molecule has 0 spiro atoms. The summed E-state index contributed by atoms with van der Waals surface area (Å²) in [5, 5.41) is 17.3. The molecule has 4 rings (SSSR count). The smallest absolute Gasteiger partial charge is 0.251 e. The first-order valence-electron chi connectivity index (χ1n) is 14.5. The molecule has 1 unspecified atom stereocenters. The third kappa shape index (κ3) is 7.26. The molecule has 1 atom stereocenters. The van der Waals surface area contributed by atoms with E-state index in [0.29, 0.717) is 29.9 Å². The van der Waals surface area contributed by atoms with Crippen molar-refractivity contribution in [1.82, 2.24) is 10.6 Å². The first kappa shape index (κ1) is 31.0. The Morgan fingerprint density at radius 2 is 1.62 bits per heavy atom. The van der Waals surface area contributed by atoms with E-state index in [-0.39, 0.29) is 34.4 Å². The van der Waals surface area contributed by atoms with Gasteiger partial charge in [0.15, 0.2) is 11.2 Å². The number of hydrogen-bond acceptors (Lipinski definition) is 6. The van der Waals surface area contributed by atoms with Crippen LogP contribution in [0.4, 0.5) is 0 Å². The van der Waals surface area contributed by atoms with Gasteiger partial charge >= 0.3 is 0 Å². The minimum Gasteiger partial charge on any atom is -0.508 e. The molecule has 0 fully saturated rings. The maximum atomic E-state index is 13.0. The third-order valence-electron chi connectivity index (χ3n) is 7.30. The van der Waals surface area contributed by atoms with Gasteiger partial charge in [0.2, 0.25) is 0 Å². The highest BCUT2D eigenvalue weighted by molar-refractivity contribution is 6.03. The number of carbonyl (C=O) groups excluding carboxylic acids is 2. The highest BCUT2D eigenvalue weighted by Gasteiger charge is 2.31. The van der Waals surface area contributed by atoms with E-state index >= 15 is 0 Å². The number of fused-ring (bicyclic) bond motifs is 2. The van der Waals surface area contributed by atoms with Crippen LogP contribution in [-0.4, -0.2) is 34.9 Å². The summed E-state index contributed by atoms with van der Waals surface area (Å²) in [6, 6.07) is 15.0. The van der Waals surface area contributed by atoms with E-state index in [1.54, 1.807) is 24.3 Å². The summed E-state index contributed by atoms with van der Waals surface area (Å²) in [4.78, 5) is 38.0. The van der Waals surface area contributed by atoms with Gasteiger partial charge in [-0.15, -0.1) is 0 Å². The summed E-state index contributed by atoms with van der Waals surface area (Å²) in [5.41, 5.74) is 3.72. The number of ketones is 1. The van der Waals surface area contributed by atoms with Crippen molar-refractivity contribution in [1.29, 1.82) is 0 Å². The zero-order valence-corrected chi connectivity index (χ0v) is 25.7. The van der Waals surface area contributed by atoms with Crippen LogP contribution in [0.25, 0.3) is 33.4 Å². The average Bonchev–Trinajstić information content (AvgIpc) is 2.89. The van der Waals surface area contributed by atoms with Crippen LogP contribution in [0.15, 0.2) is 63.8 Å². The summed E-state index contributed by atoms with van der Waals surface area (Å²) < 4.78 is 5.96. The molecule has 2 aromatic carbocycles. The van der Waals surface area contributed by atoms with E-state index in [1.807, 2.05) is 39.8 Å². The second kappa shape index (κ2) is 12.1. The minimum atomic E-state index is -0.422. The number of phenolic OH excluding ortho intramolecular Hbond substituents is 1. The molecule has 222 valence electrons. The topological polar surface area (TPSA) is 109 Å². The first-order chi connectivity index (χ1) is 19.6. The van der Waals surface area contributed by atoms with Crippen molar-refractivity contribution < 1.29 is 19.1 Å². The Morgan fingerprint density at radius 1 is 0.905 bits per heavy atom. The highest BCUT2D eigenvalue weighted by atomic mass is 16.3. The van der Waals surface area contributed by atoms with Crippen molar-refractivity contribution in [3.63, 3.8) is 0 Å². The number of unbranched alkanes of at least 4 members (excludes halogenated alkanes) is 1. The molecule has 1 aliphatic carbocycles. The summed E-state index contributed by atoms with van der Waals surface area (Å²) >= 11 is 0. The van der Waals surface area contributed by atoms with Crippen LogP contribution in [-0.2, 0) is 4.79 Å². The molecule has 2 aliphatic rings. The molecule has 7 heteroatoms. The molecule has 42 heavy (non-hydrogen) atoms. The average molecular weight is 571 g/mol. The molecule has 0 bridgehead atoms. The van der Waals surface area contributed by atoms with Gasteiger partial charge in [0, 0.05) is 51.7 Å². The minimum absolute atomic E-state index is 0.0698. The van der Waals surface area contributed by atoms with Gasteiger partial charge in [0.25, 0.3) is 5.91 Å².